The maximum atomic E-state index is 11.6. The fraction of sp³-hybridized carbons (Fsp3) is 0.559. The van der Waals surface area contributed by atoms with Crippen LogP contribution in [0.2, 0.25) is 0 Å². The molecule has 0 heterocycles. The highest BCUT2D eigenvalue weighted by molar-refractivity contribution is 5.85. The third-order valence-electron chi connectivity index (χ3n) is 9.63. The number of aryl methyl sites for hydroxylation is 4. The van der Waals surface area contributed by atoms with Crippen molar-refractivity contribution in [1.82, 2.24) is 0 Å². The zero-order valence-electron chi connectivity index (χ0n) is 44.5. The van der Waals surface area contributed by atoms with E-state index >= 15 is 0 Å². The third kappa shape index (κ3) is 38.8. The lowest BCUT2D eigenvalue weighted by molar-refractivity contribution is -0.156. The van der Waals surface area contributed by atoms with E-state index in [9.17, 15) is 9.59 Å². The molecule has 4 aromatic carbocycles. The summed E-state index contributed by atoms with van der Waals surface area (Å²) in [4.78, 5) is 23.2. The number of nitrogens with two attached hydrogens (primary N) is 2. The van der Waals surface area contributed by atoms with E-state index in [1.165, 1.54) is 22.3 Å². The number of ether oxygens (including phenoxy) is 6. The van der Waals surface area contributed by atoms with Crippen LogP contribution in [-0.4, -0.2) is 86.1 Å². The van der Waals surface area contributed by atoms with Gasteiger partial charge in [-0.05, 0) is 202 Å². The van der Waals surface area contributed by atoms with E-state index in [0.29, 0.717) is 32.6 Å². The van der Waals surface area contributed by atoms with Gasteiger partial charge in [0.1, 0.15) is 47.4 Å². The number of rotatable bonds is 28. The van der Waals surface area contributed by atoms with Gasteiger partial charge in [-0.15, -0.1) is 12.4 Å². The molecule has 0 saturated heterocycles. The summed E-state index contributed by atoms with van der Waals surface area (Å²) in [7, 11) is 0. The second kappa shape index (κ2) is 42.6. The van der Waals surface area contributed by atoms with Gasteiger partial charge in [-0.3, -0.25) is 9.59 Å². The fourth-order valence-corrected chi connectivity index (χ4v) is 6.52. The average Bonchev–Trinajstić information content (AvgIpc) is 3.33. The molecule has 0 aliphatic carbocycles. The Kier molecular flexibility index (Phi) is 41.0. The Hall–Kier alpha value is -4.85. The van der Waals surface area contributed by atoms with Gasteiger partial charge in [-0.25, -0.2) is 0 Å². The minimum atomic E-state index is -0.407. The highest BCUT2D eigenvalue weighted by atomic mass is 35.5. The topological polar surface area (TPSA) is 182 Å². The molecule has 0 saturated carbocycles. The Morgan fingerprint density at radius 1 is 0.458 bits per heavy atom. The largest absolute Gasteiger partial charge is 0.494 e. The second-order valence-corrected chi connectivity index (χ2v) is 18.8. The van der Waals surface area contributed by atoms with Gasteiger partial charge in [0.25, 0.3) is 0 Å². The summed E-state index contributed by atoms with van der Waals surface area (Å²) in [6.07, 6.45) is 12.5. The van der Waals surface area contributed by atoms with Crippen LogP contribution in [0.25, 0.3) is 0 Å². The molecule has 13 heteroatoms. The lowest BCUT2D eigenvalue weighted by Gasteiger charge is -2.19. The average molecular weight is 1030 g/mol. The predicted octanol–water partition coefficient (Wildman–Crippen LogP) is 12.0. The monoisotopic (exact) mass is 1030 g/mol. The number of unbranched alkanes of at least 4 members (excludes halogenated alkanes) is 2. The molecular weight excluding hydrogens is 932 g/mol. The van der Waals surface area contributed by atoms with Crippen molar-refractivity contribution in [1.29, 1.82) is 0 Å². The van der Waals surface area contributed by atoms with Crippen LogP contribution in [0.1, 0.15) is 149 Å². The molecule has 0 spiro atoms. The number of hydrogen-bond donors (Lipinski definition) is 4. The van der Waals surface area contributed by atoms with Crippen LogP contribution >= 0.6 is 12.4 Å². The summed E-state index contributed by atoms with van der Waals surface area (Å²) >= 11 is 0. The van der Waals surface area contributed by atoms with Gasteiger partial charge >= 0.3 is 11.9 Å². The van der Waals surface area contributed by atoms with Crippen molar-refractivity contribution >= 4 is 24.3 Å². The van der Waals surface area contributed by atoms with Crippen LogP contribution in [0, 0.1) is 0 Å². The molecule has 0 unspecified atom stereocenters. The maximum absolute atomic E-state index is 11.6. The van der Waals surface area contributed by atoms with Crippen molar-refractivity contribution in [2.75, 3.05) is 52.7 Å². The maximum Gasteiger partial charge on any atom is 0.306 e. The standard InChI is InChI=1S/C18H28O3.C17H26O4.C12H19NO.C11H17NO2.CH4.ClH/c1-5-13-20-16-11-8-10-15(14-16)9-6-7-12-17(19)21-18(2,3)4;1-17(2,3)21-16(19)10-5-4-7-14-8-6-9-15(13-14)20-12-11-18;1-2-9-14-12-7-3-5-11(10-12)6-4-8-13;12-6-2-4-10-3-1-5-11(9-10)14-8-7-13;;/h8,10-11,14H,5-7,9,12-13H2,1-4H3;6,8-9,13,18H,4-5,7,10-12H2,1-3H3;3,5,7,10H,2,4,6,8-9,13H2,1H3;1,3,5,9,13H,2,4,6-8,12H2;1H4;1H. The summed E-state index contributed by atoms with van der Waals surface area (Å²) in [5.74, 6) is 3.25. The summed E-state index contributed by atoms with van der Waals surface area (Å²) in [5, 5.41) is 17.3. The van der Waals surface area contributed by atoms with Gasteiger partial charge in [0.2, 0.25) is 0 Å². The van der Waals surface area contributed by atoms with E-state index < -0.39 is 5.60 Å². The first kappa shape index (κ1) is 69.2. The Balaban J connectivity index is 0. The van der Waals surface area contributed by atoms with Crippen molar-refractivity contribution in [2.45, 2.75) is 164 Å². The zero-order chi connectivity index (χ0) is 51.9. The van der Waals surface area contributed by atoms with Crippen molar-refractivity contribution in [3.05, 3.63) is 119 Å². The summed E-state index contributed by atoms with van der Waals surface area (Å²) in [6, 6.07) is 32.2. The zero-order valence-corrected chi connectivity index (χ0v) is 45.3. The van der Waals surface area contributed by atoms with E-state index in [-0.39, 0.29) is 50.6 Å². The molecule has 4 rings (SSSR count). The number of benzene rings is 4. The van der Waals surface area contributed by atoms with E-state index in [2.05, 4.69) is 44.2 Å². The number of carbonyl (C=O) groups excluding carboxylic acids is 2. The molecule has 72 heavy (non-hydrogen) atoms. The van der Waals surface area contributed by atoms with E-state index in [1.807, 2.05) is 108 Å². The number of hydrogen-bond acceptors (Lipinski definition) is 12. The molecule has 408 valence electrons. The van der Waals surface area contributed by atoms with E-state index in [4.69, 9.17) is 50.1 Å². The van der Waals surface area contributed by atoms with Crippen LogP contribution in [0.15, 0.2) is 97.1 Å². The number of aliphatic hydroxyl groups is 2. The van der Waals surface area contributed by atoms with Crippen LogP contribution in [0.5, 0.6) is 23.0 Å². The van der Waals surface area contributed by atoms with Crippen LogP contribution in [0.3, 0.4) is 0 Å². The lowest BCUT2D eigenvalue weighted by Crippen LogP contribution is -2.23. The Bertz CT molecular complexity index is 1760. The first-order valence-electron chi connectivity index (χ1n) is 25.5. The molecular formula is C59H95ClN2O10. The van der Waals surface area contributed by atoms with Gasteiger partial charge in [-0.2, -0.15) is 0 Å². The van der Waals surface area contributed by atoms with Crippen molar-refractivity contribution < 1.29 is 48.2 Å². The highest BCUT2D eigenvalue weighted by Gasteiger charge is 2.16. The summed E-state index contributed by atoms with van der Waals surface area (Å²) in [6.45, 7) is 19.2. The molecule has 0 aliphatic rings. The van der Waals surface area contributed by atoms with Crippen molar-refractivity contribution in [3.63, 3.8) is 0 Å². The first-order valence-corrected chi connectivity index (χ1v) is 25.5. The van der Waals surface area contributed by atoms with Crippen LogP contribution in [0.4, 0.5) is 0 Å². The number of carbonyl (C=O) groups is 2. The minimum absolute atomic E-state index is 0. The predicted molar refractivity (Wildman–Crippen MR) is 298 cm³/mol. The summed E-state index contributed by atoms with van der Waals surface area (Å²) < 4.78 is 32.4. The minimum Gasteiger partial charge on any atom is -0.494 e. The van der Waals surface area contributed by atoms with Gasteiger partial charge in [0, 0.05) is 12.8 Å². The van der Waals surface area contributed by atoms with Gasteiger partial charge < -0.3 is 50.1 Å². The summed E-state index contributed by atoms with van der Waals surface area (Å²) in [5.41, 5.74) is 15.1. The SMILES string of the molecule is C.CC(C)(C)OC(=O)CCCCc1cccc(OCCO)c1.CCCOc1cccc(CCCCC(=O)OC(C)(C)C)c1.CCCOc1cccc(CCCN)c1.Cl.NCCCc1cccc(OCCO)c1. The molecule has 0 fully saturated rings. The van der Waals surface area contributed by atoms with Crippen LogP contribution < -0.4 is 30.4 Å². The Morgan fingerprint density at radius 3 is 0.986 bits per heavy atom. The Labute approximate surface area is 441 Å². The number of esters is 2. The van der Waals surface area contributed by atoms with Gasteiger partial charge in [0.05, 0.1) is 26.4 Å². The van der Waals surface area contributed by atoms with E-state index in [0.717, 1.165) is 120 Å². The molecule has 0 atom stereocenters. The first-order chi connectivity index (χ1) is 33.5. The molecule has 0 radical (unpaired) electrons. The third-order valence-corrected chi connectivity index (χ3v) is 9.63. The number of aliphatic hydroxyl groups excluding tert-OH is 2. The molecule has 4 aromatic rings. The second-order valence-electron chi connectivity index (χ2n) is 18.8. The molecule has 0 amide bonds. The smallest absolute Gasteiger partial charge is 0.306 e. The van der Waals surface area contributed by atoms with Gasteiger partial charge in [-0.1, -0.05) is 69.8 Å². The van der Waals surface area contributed by atoms with Gasteiger partial charge in [0.15, 0.2) is 0 Å². The highest BCUT2D eigenvalue weighted by Crippen LogP contribution is 2.19. The van der Waals surface area contributed by atoms with Crippen molar-refractivity contribution in [2.24, 2.45) is 11.5 Å². The lowest BCUT2D eigenvalue weighted by atomic mass is 10.1. The molecule has 6 N–H and O–H groups in total. The molecule has 0 aliphatic heterocycles. The quantitative estimate of drug-likeness (QED) is 0.0313. The van der Waals surface area contributed by atoms with E-state index in [1.54, 1.807) is 0 Å². The van der Waals surface area contributed by atoms with Crippen LogP contribution in [-0.2, 0) is 44.7 Å². The van der Waals surface area contributed by atoms with Crippen molar-refractivity contribution in [3.8, 4) is 23.0 Å². The molecule has 0 aromatic heterocycles. The fourth-order valence-electron chi connectivity index (χ4n) is 6.52. The Morgan fingerprint density at radius 2 is 0.736 bits per heavy atom. The molecule has 12 nitrogen and oxygen atoms in total. The normalized spacial score (nSPS) is 10.5. The number of halogens is 1. The molecule has 0 bridgehead atoms.